The Morgan fingerprint density at radius 1 is 0.909 bits per heavy atom. The number of piperidine rings is 1. The summed E-state index contributed by atoms with van der Waals surface area (Å²) in [5, 5.41) is 3.29. The fraction of sp³-hybridized carbons (Fsp3) is 0.333. The Labute approximate surface area is 129 Å². The number of hydrogen-bond acceptors (Lipinski definition) is 2. The van der Waals surface area contributed by atoms with Crippen molar-refractivity contribution in [2.24, 2.45) is 0 Å². The van der Waals surface area contributed by atoms with Crippen LogP contribution in [0.2, 0.25) is 0 Å². The summed E-state index contributed by atoms with van der Waals surface area (Å²) in [6.45, 7) is 1.84. The number of rotatable bonds is 4. The van der Waals surface area contributed by atoms with Crippen molar-refractivity contribution in [3.05, 3.63) is 71.3 Å². The summed E-state index contributed by atoms with van der Waals surface area (Å²) >= 11 is 0. The van der Waals surface area contributed by atoms with Gasteiger partial charge in [0.15, 0.2) is 0 Å². The summed E-state index contributed by atoms with van der Waals surface area (Å²) in [7, 11) is 0. The van der Waals surface area contributed by atoms with Crippen LogP contribution in [0.4, 0.5) is 8.78 Å². The van der Waals surface area contributed by atoms with Gasteiger partial charge in [-0.15, -0.1) is 0 Å². The highest BCUT2D eigenvalue weighted by molar-refractivity contribution is 5.30. The summed E-state index contributed by atoms with van der Waals surface area (Å²) in [4.78, 5) is 0. The van der Waals surface area contributed by atoms with Crippen molar-refractivity contribution in [1.82, 2.24) is 5.32 Å². The molecule has 1 N–H and O–H groups in total. The van der Waals surface area contributed by atoms with Gasteiger partial charge < -0.3 is 10.1 Å². The Kier molecular flexibility index (Phi) is 4.80. The predicted octanol–water partition coefficient (Wildman–Crippen LogP) is 3.82. The van der Waals surface area contributed by atoms with Crippen LogP contribution in [0.5, 0.6) is 0 Å². The molecular weight excluding hydrogens is 284 g/mol. The van der Waals surface area contributed by atoms with Gasteiger partial charge >= 0.3 is 0 Å². The molecule has 1 aliphatic rings. The van der Waals surface area contributed by atoms with Crippen molar-refractivity contribution < 1.29 is 13.5 Å². The first-order valence-electron chi connectivity index (χ1n) is 7.59. The first-order valence-corrected chi connectivity index (χ1v) is 7.59. The molecular formula is C18H19F2NO. The first kappa shape index (κ1) is 15.1. The van der Waals surface area contributed by atoms with Crippen LogP contribution in [-0.2, 0) is 4.74 Å². The molecule has 1 heterocycles. The Morgan fingerprint density at radius 3 is 2.32 bits per heavy atom. The second-order valence-electron chi connectivity index (χ2n) is 5.57. The minimum atomic E-state index is -0.376. The maximum Gasteiger partial charge on any atom is 0.123 e. The number of nitrogens with one attached hydrogen (secondary N) is 1. The summed E-state index contributed by atoms with van der Waals surface area (Å²) in [5.41, 5.74) is 1.59. The van der Waals surface area contributed by atoms with E-state index in [4.69, 9.17) is 4.74 Å². The molecule has 1 saturated heterocycles. The standard InChI is InChI=1S/C18H19F2NO/c19-15-6-4-13(5-7-15)18(14-2-1-3-16(20)12-14)22-17-8-10-21-11-9-17/h1-7,12,17-18,21H,8-11H2. The molecule has 1 fully saturated rings. The zero-order chi connectivity index (χ0) is 15.4. The maximum atomic E-state index is 13.6. The second kappa shape index (κ2) is 6.99. The fourth-order valence-corrected chi connectivity index (χ4v) is 2.78. The lowest BCUT2D eigenvalue weighted by Gasteiger charge is -2.28. The van der Waals surface area contributed by atoms with Crippen LogP contribution < -0.4 is 5.32 Å². The van der Waals surface area contributed by atoms with Gasteiger partial charge in [-0.3, -0.25) is 0 Å². The van der Waals surface area contributed by atoms with Gasteiger partial charge in [-0.05, 0) is 61.3 Å². The SMILES string of the molecule is Fc1ccc(C(OC2CCNCC2)c2cccc(F)c2)cc1. The van der Waals surface area contributed by atoms with Gasteiger partial charge in [0.05, 0.1) is 6.10 Å². The van der Waals surface area contributed by atoms with Crippen molar-refractivity contribution in [2.75, 3.05) is 13.1 Å². The summed E-state index contributed by atoms with van der Waals surface area (Å²) in [5.74, 6) is -0.581. The van der Waals surface area contributed by atoms with Crippen LogP contribution in [-0.4, -0.2) is 19.2 Å². The number of halogens is 2. The molecule has 4 heteroatoms. The van der Waals surface area contributed by atoms with Crippen molar-refractivity contribution in [3.8, 4) is 0 Å². The molecule has 0 aliphatic carbocycles. The summed E-state index contributed by atoms with van der Waals surface area (Å²) in [6.07, 6.45) is 1.60. The minimum absolute atomic E-state index is 0.125. The zero-order valence-electron chi connectivity index (χ0n) is 12.3. The first-order chi connectivity index (χ1) is 10.7. The van der Waals surface area contributed by atoms with E-state index in [1.165, 1.54) is 24.3 Å². The van der Waals surface area contributed by atoms with E-state index in [2.05, 4.69) is 5.32 Å². The smallest absolute Gasteiger partial charge is 0.123 e. The van der Waals surface area contributed by atoms with Gasteiger partial charge in [-0.1, -0.05) is 24.3 Å². The Morgan fingerprint density at radius 2 is 1.64 bits per heavy atom. The molecule has 0 radical (unpaired) electrons. The fourth-order valence-electron chi connectivity index (χ4n) is 2.78. The lowest BCUT2D eigenvalue weighted by atomic mass is 10.00. The third-order valence-electron chi connectivity index (χ3n) is 3.94. The molecule has 2 aromatic carbocycles. The largest absolute Gasteiger partial charge is 0.365 e. The Bertz CT molecular complexity index is 609. The highest BCUT2D eigenvalue weighted by Crippen LogP contribution is 2.29. The van der Waals surface area contributed by atoms with Gasteiger partial charge in [0.1, 0.15) is 17.7 Å². The summed E-state index contributed by atoms with van der Waals surface area (Å²) < 4.78 is 33.0. The molecule has 2 aromatic rings. The normalized spacial score (nSPS) is 17.4. The molecule has 0 bridgehead atoms. The average molecular weight is 303 g/mol. The molecule has 0 amide bonds. The molecule has 1 atom stereocenters. The highest BCUT2D eigenvalue weighted by atomic mass is 19.1. The van der Waals surface area contributed by atoms with E-state index in [9.17, 15) is 8.78 Å². The van der Waals surface area contributed by atoms with Crippen LogP contribution in [0.25, 0.3) is 0 Å². The Balaban J connectivity index is 1.88. The van der Waals surface area contributed by atoms with Gasteiger partial charge in [0.25, 0.3) is 0 Å². The highest BCUT2D eigenvalue weighted by Gasteiger charge is 2.22. The van der Waals surface area contributed by atoms with Crippen LogP contribution in [0.3, 0.4) is 0 Å². The van der Waals surface area contributed by atoms with E-state index < -0.39 is 0 Å². The van der Waals surface area contributed by atoms with Crippen LogP contribution in [0.1, 0.15) is 30.1 Å². The minimum Gasteiger partial charge on any atom is -0.365 e. The van der Waals surface area contributed by atoms with Crippen LogP contribution >= 0.6 is 0 Å². The predicted molar refractivity (Wildman–Crippen MR) is 81.6 cm³/mol. The summed E-state index contributed by atoms with van der Waals surface area (Å²) in [6, 6.07) is 12.6. The second-order valence-corrected chi connectivity index (χ2v) is 5.57. The molecule has 0 saturated carbocycles. The van der Waals surface area contributed by atoms with Gasteiger partial charge in [0, 0.05) is 0 Å². The third kappa shape index (κ3) is 3.70. The molecule has 3 rings (SSSR count). The number of benzene rings is 2. The molecule has 1 unspecified atom stereocenters. The monoisotopic (exact) mass is 303 g/mol. The van der Waals surface area contributed by atoms with E-state index in [0.29, 0.717) is 0 Å². The van der Waals surface area contributed by atoms with Crippen molar-refractivity contribution in [3.63, 3.8) is 0 Å². The van der Waals surface area contributed by atoms with Gasteiger partial charge in [0.2, 0.25) is 0 Å². The number of ether oxygens (including phenoxy) is 1. The van der Waals surface area contributed by atoms with E-state index in [1.807, 2.05) is 6.07 Å². The van der Waals surface area contributed by atoms with Crippen molar-refractivity contribution >= 4 is 0 Å². The van der Waals surface area contributed by atoms with Gasteiger partial charge in [-0.2, -0.15) is 0 Å². The lowest BCUT2D eigenvalue weighted by Crippen LogP contribution is -2.33. The van der Waals surface area contributed by atoms with E-state index in [1.54, 1.807) is 18.2 Å². The third-order valence-corrected chi connectivity index (χ3v) is 3.94. The topological polar surface area (TPSA) is 21.3 Å². The average Bonchev–Trinajstić information content (AvgIpc) is 2.55. The van der Waals surface area contributed by atoms with E-state index in [-0.39, 0.29) is 23.8 Å². The number of hydrogen-bond donors (Lipinski definition) is 1. The van der Waals surface area contributed by atoms with Crippen LogP contribution in [0, 0.1) is 11.6 Å². The molecule has 0 aromatic heterocycles. The van der Waals surface area contributed by atoms with Gasteiger partial charge in [-0.25, -0.2) is 8.78 Å². The molecule has 116 valence electrons. The van der Waals surface area contributed by atoms with E-state index in [0.717, 1.165) is 37.1 Å². The molecule has 1 aliphatic heterocycles. The maximum absolute atomic E-state index is 13.6. The van der Waals surface area contributed by atoms with Crippen molar-refractivity contribution in [2.45, 2.75) is 25.0 Å². The quantitative estimate of drug-likeness (QED) is 0.927. The lowest BCUT2D eigenvalue weighted by molar-refractivity contribution is -0.00819. The zero-order valence-corrected chi connectivity index (χ0v) is 12.3. The Hall–Kier alpha value is -1.78. The van der Waals surface area contributed by atoms with Crippen LogP contribution in [0.15, 0.2) is 48.5 Å². The molecule has 0 spiro atoms. The van der Waals surface area contributed by atoms with E-state index >= 15 is 0 Å². The molecule has 22 heavy (non-hydrogen) atoms. The van der Waals surface area contributed by atoms with Crippen molar-refractivity contribution in [1.29, 1.82) is 0 Å². The molecule has 2 nitrogen and oxygen atoms in total.